The number of amides is 1. The lowest BCUT2D eigenvalue weighted by atomic mass is 10.2. The number of rotatable bonds is 1. The molecule has 0 radical (unpaired) electrons. The van der Waals surface area contributed by atoms with Gasteiger partial charge < -0.3 is 9.64 Å². The molecule has 0 saturated carbocycles. The molecule has 0 aromatic carbocycles. The molecule has 2 heterocycles. The molecule has 2 unspecified atom stereocenters. The number of carbonyl (C=O) groups is 1. The fourth-order valence-electron chi connectivity index (χ4n) is 3.71. The Morgan fingerprint density at radius 3 is 2.67 bits per heavy atom. The normalized spacial score (nSPS) is 32.2. The molecule has 2 fully saturated rings. The summed E-state index contributed by atoms with van der Waals surface area (Å²) in [6.07, 6.45) is 4.89. The zero-order valence-corrected chi connectivity index (χ0v) is 13.0. The van der Waals surface area contributed by atoms with E-state index in [-0.39, 0.29) is 12.1 Å². The fourth-order valence-corrected chi connectivity index (χ4v) is 3.71. The van der Waals surface area contributed by atoms with E-state index in [4.69, 9.17) is 10.00 Å². The van der Waals surface area contributed by atoms with Crippen molar-refractivity contribution in [2.75, 3.05) is 13.1 Å². The predicted octanol–water partition coefficient (Wildman–Crippen LogP) is 2.29. The topological polar surface area (TPSA) is 56.6 Å². The summed E-state index contributed by atoms with van der Waals surface area (Å²) >= 11 is 0. The number of hydrogen-bond donors (Lipinski definition) is 0. The summed E-state index contributed by atoms with van der Waals surface area (Å²) in [7, 11) is 0. The van der Waals surface area contributed by atoms with Crippen LogP contribution in [0.1, 0.15) is 40.0 Å². The third kappa shape index (κ3) is 2.77. The van der Waals surface area contributed by atoms with Crippen LogP contribution in [0.25, 0.3) is 0 Å². The molecule has 1 amide bonds. The maximum absolute atomic E-state index is 12.2. The van der Waals surface area contributed by atoms with Crippen molar-refractivity contribution in [2.45, 2.75) is 63.8 Å². The first-order chi connectivity index (χ1) is 9.87. The van der Waals surface area contributed by atoms with Gasteiger partial charge in [-0.2, -0.15) is 5.26 Å². The summed E-state index contributed by atoms with van der Waals surface area (Å²) in [6, 6.07) is 3.34. The number of nitriles is 1. The van der Waals surface area contributed by atoms with Crippen molar-refractivity contribution in [2.24, 2.45) is 0 Å². The minimum Gasteiger partial charge on any atom is -0.444 e. The van der Waals surface area contributed by atoms with Crippen molar-refractivity contribution >= 4 is 6.09 Å². The number of likely N-dealkylation sites (tertiary alicyclic amines) is 2. The van der Waals surface area contributed by atoms with Crippen LogP contribution in [0.5, 0.6) is 0 Å². The van der Waals surface area contributed by atoms with Gasteiger partial charge >= 0.3 is 6.09 Å². The number of carbonyl (C=O) groups excluding carboxylic acids is 1. The highest BCUT2D eigenvalue weighted by atomic mass is 16.6. The lowest BCUT2D eigenvalue weighted by molar-refractivity contribution is 0.0108. The second-order valence-corrected chi connectivity index (χ2v) is 7.28. The van der Waals surface area contributed by atoms with E-state index in [2.05, 4.69) is 17.0 Å². The van der Waals surface area contributed by atoms with Gasteiger partial charge in [0.25, 0.3) is 0 Å². The number of allylic oxidation sites excluding steroid dienone is 1. The second-order valence-electron chi connectivity index (χ2n) is 7.28. The predicted molar refractivity (Wildman–Crippen MR) is 78.6 cm³/mol. The summed E-state index contributed by atoms with van der Waals surface area (Å²) in [4.78, 5) is 16.6. The molecule has 114 valence electrons. The minimum absolute atomic E-state index is 0.186. The van der Waals surface area contributed by atoms with E-state index < -0.39 is 5.60 Å². The standard InChI is InChI=1S/C16H23N3O2/c1-16(2,3)21-15(20)19-10-13-7-14(19)9-18(13)12-5-4-11(6-12)8-17/h6,12-14H,4-5,7,9-10H2,1-3H3/t12?,13-,14?/m0/s1. The first-order valence-corrected chi connectivity index (χ1v) is 7.73. The molecular weight excluding hydrogens is 266 g/mol. The Morgan fingerprint density at radius 2 is 2.14 bits per heavy atom. The van der Waals surface area contributed by atoms with E-state index in [1.165, 1.54) is 0 Å². The highest BCUT2D eigenvalue weighted by Crippen LogP contribution is 2.36. The van der Waals surface area contributed by atoms with Crippen molar-refractivity contribution in [1.29, 1.82) is 5.26 Å². The number of piperazine rings is 1. The highest BCUT2D eigenvalue weighted by Gasteiger charge is 2.48. The van der Waals surface area contributed by atoms with Crippen LogP contribution in [-0.2, 0) is 4.74 Å². The Bertz CT molecular complexity index is 515. The summed E-state index contributed by atoms with van der Waals surface area (Å²) in [5.74, 6) is 0. The van der Waals surface area contributed by atoms with E-state index in [0.29, 0.717) is 12.1 Å². The molecule has 1 aliphatic carbocycles. The third-order valence-electron chi connectivity index (χ3n) is 4.58. The van der Waals surface area contributed by atoms with Gasteiger partial charge in [0.15, 0.2) is 0 Å². The summed E-state index contributed by atoms with van der Waals surface area (Å²) in [5.41, 5.74) is 0.473. The van der Waals surface area contributed by atoms with Crippen LogP contribution in [0.4, 0.5) is 4.79 Å². The lowest BCUT2D eigenvalue weighted by Crippen LogP contribution is -2.52. The third-order valence-corrected chi connectivity index (χ3v) is 4.58. The largest absolute Gasteiger partial charge is 0.444 e. The molecule has 21 heavy (non-hydrogen) atoms. The zero-order chi connectivity index (χ0) is 15.2. The fraction of sp³-hybridized carbons (Fsp3) is 0.750. The quantitative estimate of drug-likeness (QED) is 0.743. The van der Waals surface area contributed by atoms with Gasteiger partial charge in [0.05, 0.1) is 6.07 Å². The van der Waals surface area contributed by atoms with Gasteiger partial charge in [-0.05, 0) is 40.0 Å². The highest BCUT2D eigenvalue weighted by molar-refractivity contribution is 5.69. The molecular formula is C16H23N3O2. The Labute approximate surface area is 126 Å². The minimum atomic E-state index is -0.436. The van der Waals surface area contributed by atoms with Crippen LogP contribution in [0, 0.1) is 11.3 Å². The molecule has 3 atom stereocenters. The van der Waals surface area contributed by atoms with Crippen LogP contribution >= 0.6 is 0 Å². The average Bonchev–Trinajstić information content (AvgIpc) is 3.10. The number of ether oxygens (including phenoxy) is 1. The molecule has 5 heteroatoms. The molecule has 2 bridgehead atoms. The van der Waals surface area contributed by atoms with E-state index in [1.54, 1.807) is 0 Å². The van der Waals surface area contributed by atoms with E-state index in [0.717, 1.165) is 37.9 Å². The van der Waals surface area contributed by atoms with Crippen LogP contribution in [0.2, 0.25) is 0 Å². The van der Waals surface area contributed by atoms with Crippen molar-refractivity contribution in [1.82, 2.24) is 9.80 Å². The molecule has 5 nitrogen and oxygen atoms in total. The van der Waals surface area contributed by atoms with E-state index in [9.17, 15) is 4.79 Å². The summed E-state index contributed by atoms with van der Waals surface area (Å²) in [6.45, 7) is 7.37. The van der Waals surface area contributed by atoms with Gasteiger partial charge in [-0.15, -0.1) is 0 Å². The van der Waals surface area contributed by atoms with Crippen molar-refractivity contribution in [3.05, 3.63) is 11.6 Å². The number of nitrogens with zero attached hydrogens (tertiary/aromatic N) is 3. The molecule has 0 aromatic heterocycles. The molecule has 3 rings (SSSR count). The van der Waals surface area contributed by atoms with Gasteiger partial charge in [0.1, 0.15) is 5.60 Å². The van der Waals surface area contributed by atoms with Gasteiger partial charge in [0, 0.05) is 36.8 Å². The Kier molecular flexibility index (Phi) is 3.45. The van der Waals surface area contributed by atoms with Crippen LogP contribution in [-0.4, -0.2) is 52.7 Å². The smallest absolute Gasteiger partial charge is 0.410 e. The van der Waals surface area contributed by atoms with Crippen molar-refractivity contribution in [3.8, 4) is 6.07 Å². The lowest BCUT2D eigenvalue weighted by Gasteiger charge is -2.37. The molecule has 0 aromatic rings. The van der Waals surface area contributed by atoms with E-state index in [1.807, 2.05) is 25.7 Å². The van der Waals surface area contributed by atoms with Crippen molar-refractivity contribution < 1.29 is 9.53 Å². The average molecular weight is 289 g/mol. The van der Waals surface area contributed by atoms with Crippen LogP contribution < -0.4 is 0 Å². The molecule has 0 N–H and O–H groups in total. The van der Waals surface area contributed by atoms with Gasteiger partial charge in [0.2, 0.25) is 0 Å². The Morgan fingerprint density at radius 1 is 1.38 bits per heavy atom. The molecule has 0 spiro atoms. The van der Waals surface area contributed by atoms with Gasteiger partial charge in [-0.1, -0.05) is 6.08 Å². The second kappa shape index (κ2) is 5.03. The van der Waals surface area contributed by atoms with Crippen LogP contribution in [0.3, 0.4) is 0 Å². The monoisotopic (exact) mass is 289 g/mol. The number of hydrogen-bond acceptors (Lipinski definition) is 4. The summed E-state index contributed by atoms with van der Waals surface area (Å²) < 4.78 is 5.48. The first kappa shape index (κ1) is 14.4. The molecule has 3 aliphatic rings. The number of fused-ring (bicyclic) bond motifs is 2. The Hall–Kier alpha value is -1.54. The molecule has 2 aliphatic heterocycles. The summed E-state index contributed by atoms with van der Waals surface area (Å²) in [5, 5.41) is 8.98. The van der Waals surface area contributed by atoms with Gasteiger partial charge in [-0.25, -0.2) is 4.79 Å². The maximum atomic E-state index is 12.2. The van der Waals surface area contributed by atoms with Crippen molar-refractivity contribution in [3.63, 3.8) is 0 Å². The van der Waals surface area contributed by atoms with Crippen LogP contribution in [0.15, 0.2) is 11.6 Å². The molecule has 2 saturated heterocycles. The Balaban J connectivity index is 1.61. The zero-order valence-electron chi connectivity index (χ0n) is 13.0. The van der Waals surface area contributed by atoms with Gasteiger partial charge in [-0.3, -0.25) is 4.90 Å². The first-order valence-electron chi connectivity index (χ1n) is 7.73. The SMILES string of the molecule is CC(C)(C)OC(=O)N1C[C@@H]2CC1CN2C1C=C(C#N)CC1. The van der Waals surface area contributed by atoms with E-state index >= 15 is 0 Å². The maximum Gasteiger partial charge on any atom is 0.410 e.